The fourth-order valence-corrected chi connectivity index (χ4v) is 2.51. The van der Waals surface area contributed by atoms with Crippen LogP contribution in [0.15, 0.2) is 54.7 Å². The summed E-state index contributed by atoms with van der Waals surface area (Å²) in [6, 6.07) is 15.4. The van der Waals surface area contributed by atoms with Gasteiger partial charge in [0.1, 0.15) is 11.6 Å². The maximum Gasteiger partial charge on any atom is 0.260 e. The molecular weight excluding hydrogens is 278 g/mol. The highest BCUT2D eigenvalue weighted by Crippen LogP contribution is 2.15. The Balaban J connectivity index is 1.46. The number of carbonyl (C=O) groups is 1. The number of rotatable bonds is 5. The van der Waals surface area contributed by atoms with Crippen LogP contribution in [0.2, 0.25) is 0 Å². The van der Waals surface area contributed by atoms with Crippen LogP contribution in [0.4, 0.5) is 5.82 Å². The van der Waals surface area contributed by atoms with Gasteiger partial charge in [0.2, 0.25) is 0 Å². The number of likely N-dealkylation sites (tertiary alicyclic amines) is 1. The highest BCUT2D eigenvalue weighted by Gasteiger charge is 2.26. The number of nitrogens with one attached hydrogen (secondary N) is 1. The zero-order valence-electron chi connectivity index (χ0n) is 12.3. The van der Waals surface area contributed by atoms with Crippen molar-refractivity contribution in [2.24, 2.45) is 0 Å². The Kier molecular flexibility index (Phi) is 4.53. The molecule has 1 saturated heterocycles. The molecule has 114 valence electrons. The molecule has 5 heteroatoms. The fraction of sp³-hybridized carbons (Fsp3) is 0.294. The summed E-state index contributed by atoms with van der Waals surface area (Å²) in [7, 11) is 0. The van der Waals surface area contributed by atoms with Crippen molar-refractivity contribution in [3.8, 4) is 5.75 Å². The molecule has 0 saturated carbocycles. The molecule has 1 fully saturated rings. The fourth-order valence-electron chi connectivity index (χ4n) is 2.51. The molecule has 1 aromatic heterocycles. The predicted molar refractivity (Wildman–Crippen MR) is 84.8 cm³/mol. The van der Waals surface area contributed by atoms with Gasteiger partial charge in [0.15, 0.2) is 6.61 Å². The van der Waals surface area contributed by atoms with Crippen LogP contribution in [0.25, 0.3) is 0 Å². The van der Waals surface area contributed by atoms with E-state index in [1.54, 1.807) is 6.20 Å². The second-order valence-corrected chi connectivity index (χ2v) is 5.29. The van der Waals surface area contributed by atoms with Crippen molar-refractivity contribution in [3.63, 3.8) is 0 Å². The number of anilines is 1. The van der Waals surface area contributed by atoms with Gasteiger partial charge >= 0.3 is 0 Å². The summed E-state index contributed by atoms with van der Waals surface area (Å²) >= 11 is 0. The van der Waals surface area contributed by atoms with Crippen LogP contribution in [-0.2, 0) is 4.79 Å². The SMILES string of the molecule is O=C(COc1ccccc1)N1CC[C@@H](Nc2ccccn2)C1. The number of carbonyl (C=O) groups excluding carboxylic acids is 1. The van der Waals surface area contributed by atoms with E-state index in [2.05, 4.69) is 10.3 Å². The summed E-state index contributed by atoms with van der Waals surface area (Å²) in [5.41, 5.74) is 0. The molecule has 1 aromatic carbocycles. The number of aromatic nitrogens is 1. The molecule has 0 bridgehead atoms. The van der Waals surface area contributed by atoms with Gasteiger partial charge in [0.25, 0.3) is 5.91 Å². The molecule has 3 rings (SSSR count). The Morgan fingerprint density at radius 1 is 1.23 bits per heavy atom. The van der Waals surface area contributed by atoms with Crippen LogP contribution in [0, 0.1) is 0 Å². The summed E-state index contributed by atoms with van der Waals surface area (Å²) in [6.45, 7) is 1.52. The van der Waals surface area contributed by atoms with Crippen molar-refractivity contribution < 1.29 is 9.53 Å². The second-order valence-electron chi connectivity index (χ2n) is 5.29. The third kappa shape index (κ3) is 3.75. The normalized spacial score (nSPS) is 17.3. The number of pyridine rings is 1. The molecule has 0 spiro atoms. The van der Waals surface area contributed by atoms with Crippen LogP contribution in [0.1, 0.15) is 6.42 Å². The van der Waals surface area contributed by atoms with Crippen LogP contribution in [0.3, 0.4) is 0 Å². The molecule has 2 heterocycles. The van der Waals surface area contributed by atoms with Crippen LogP contribution < -0.4 is 10.1 Å². The van der Waals surface area contributed by atoms with E-state index in [-0.39, 0.29) is 18.6 Å². The topological polar surface area (TPSA) is 54.5 Å². The molecule has 1 amide bonds. The summed E-state index contributed by atoms with van der Waals surface area (Å²) in [5, 5.41) is 3.35. The highest BCUT2D eigenvalue weighted by molar-refractivity contribution is 5.78. The van der Waals surface area contributed by atoms with Gasteiger partial charge in [-0.3, -0.25) is 4.79 Å². The number of hydrogen-bond donors (Lipinski definition) is 1. The Labute approximate surface area is 129 Å². The first-order chi connectivity index (χ1) is 10.8. The summed E-state index contributed by atoms with van der Waals surface area (Å²) in [5.74, 6) is 1.59. The maximum atomic E-state index is 12.2. The van der Waals surface area contributed by atoms with Gasteiger partial charge in [-0.05, 0) is 30.7 Å². The number of hydrogen-bond acceptors (Lipinski definition) is 4. The number of para-hydroxylation sites is 1. The molecule has 0 unspecified atom stereocenters. The van der Waals surface area contributed by atoms with E-state index < -0.39 is 0 Å². The number of amides is 1. The Morgan fingerprint density at radius 2 is 2.05 bits per heavy atom. The minimum absolute atomic E-state index is 0.0224. The minimum atomic E-state index is 0.0224. The van der Waals surface area contributed by atoms with Crippen molar-refractivity contribution in [1.29, 1.82) is 0 Å². The lowest BCUT2D eigenvalue weighted by Gasteiger charge is -2.17. The van der Waals surface area contributed by atoms with E-state index in [4.69, 9.17) is 4.74 Å². The van der Waals surface area contributed by atoms with Crippen molar-refractivity contribution in [2.75, 3.05) is 25.0 Å². The number of ether oxygens (including phenoxy) is 1. The van der Waals surface area contributed by atoms with Crippen LogP contribution in [0.5, 0.6) is 5.75 Å². The average Bonchev–Trinajstić information content (AvgIpc) is 3.03. The first-order valence-corrected chi connectivity index (χ1v) is 7.44. The Morgan fingerprint density at radius 3 is 2.82 bits per heavy atom. The molecule has 1 N–H and O–H groups in total. The van der Waals surface area contributed by atoms with Crippen LogP contribution in [-0.4, -0.2) is 41.5 Å². The quantitative estimate of drug-likeness (QED) is 0.919. The lowest BCUT2D eigenvalue weighted by Crippen LogP contribution is -2.35. The van der Waals surface area contributed by atoms with Gasteiger partial charge < -0.3 is 15.0 Å². The standard InChI is InChI=1S/C17H19N3O2/c21-17(13-22-15-6-2-1-3-7-15)20-11-9-14(12-20)19-16-8-4-5-10-18-16/h1-8,10,14H,9,11-13H2,(H,18,19)/t14-/m1/s1. The Bertz CT molecular complexity index is 604. The molecule has 22 heavy (non-hydrogen) atoms. The first kappa shape index (κ1) is 14.4. The van der Waals surface area contributed by atoms with Crippen molar-refractivity contribution >= 4 is 11.7 Å². The van der Waals surface area contributed by atoms with E-state index in [1.165, 1.54) is 0 Å². The molecule has 0 aliphatic carbocycles. The third-order valence-corrected chi connectivity index (χ3v) is 3.66. The van der Waals surface area contributed by atoms with Gasteiger partial charge in [0, 0.05) is 25.3 Å². The van der Waals surface area contributed by atoms with E-state index in [0.717, 1.165) is 24.5 Å². The minimum Gasteiger partial charge on any atom is -0.484 e. The lowest BCUT2D eigenvalue weighted by atomic mass is 10.2. The van der Waals surface area contributed by atoms with Crippen molar-refractivity contribution in [1.82, 2.24) is 9.88 Å². The molecule has 1 atom stereocenters. The summed E-state index contributed by atoms with van der Waals surface area (Å²) in [6.07, 6.45) is 2.68. The number of benzene rings is 1. The molecular formula is C17H19N3O2. The predicted octanol–water partition coefficient (Wildman–Crippen LogP) is 2.17. The smallest absolute Gasteiger partial charge is 0.260 e. The van der Waals surface area contributed by atoms with Crippen LogP contribution >= 0.6 is 0 Å². The third-order valence-electron chi connectivity index (χ3n) is 3.66. The Hall–Kier alpha value is -2.56. The van der Waals surface area contributed by atoms with Gasteiger partial charge in [-0.2, -0.15) is 0 Å². The van der Waals surface area contributed by atoms with Crippen molar-refractivity contribution in [2.45, 2.75) is 12.5 Å². The average molecular weight is 297 g/mol. The van der Waals surface area contributed by atoms with Crippen molar-refractivity contribution in [3.05, 3.63) is 54.7 Å². The lowest BCUT2D eigenvalue weighted by molar-refractivity contribution is -0.132. The van der Waals surface area contributed by atoms with Gasteiger partial charge in [-0.25, -0.2) is 4.98 Å². The zero-order valence-corrected chi connectivity index (χ0v) is 12.3. The summed E-state index contributed by atoms with van der Waals surface area (Å²) in [4.78, 5) is 18.3. The second kappa shape index (κ2) is 6.93. The summed E-state index contributed by atoms with van der Waals surface area (Å²) < 4.78 is 5.51. The van der Waals surface area contributed by atoms with E-state index in [0.29, 0.717) is 6.54 Å². The maximum absolute atomic E-state index is 12.2. The van der Waals surface area contributed by atoms with E-state index in [9.17, 15) is 4.79 Å². The van der Waals surface area contributed by atoms with E-state index in [1.807, 2.05) is 53.4 Å². The van der Waals surface area contributed by atoms with Gasteiger partial charge in [-0.1, -0.05) is 24.3 Å². The van der Waals surface area contributed by atoms with E-state index >= 15 is 0 Å². The molecule has 0 radical (unpaired) electrons. The van der Waals surface area contributed by atoms with Gasteiger partial charge in [0.05, 0.1) is 0 Å². The molecule has 5 nitrogen and oxygen atoms in total. The first-order valence-electron chi connectivity index (χ1n) is 7.44. The molecule has 2 aromatic rings. The zero-order chi connectivity index (χ0) is 15.2. The largest absolute Gasteiger partial charge is 0.484 e. The highest BCUT2D eigenvalue weighted by atomic mass is 16.5. The molecule has 1 aliphatic heterocycles. The molecule has 1 aliphatic rings. The van der Waals surface area contributed by atoms with Gasteiger partial charge in [-0.15, -0.1) is 0 Å². The monoisotopic (exact) mass is 297 g/mol. The number of nitrogens with zero attached hydrogens (tertiary/aromatic N) is 2.